The lowest BCUT2D eigenvalue weighted by atomic mass is 10.0. The van der Waals surface area contributed by atoms with E-state index >= 15 is 0 Å². The zero-order valence-electron chi connectivity index (χ0n) is 14.4. The van der Waals surface area contributed by atoms with E-state index in [4.69, 9.17) is 0 Å². The Kier molecular flexibility index (Phi) is 4.90. The van der Waals surface area contributed by atoms with Crippen LogP contribution in [0.4, 0.5) is 0 Å². The van der Waals surface area contributed by atoms with Gasteiger partial charge in [0.1, 0.15) is 9.43 Å². The molecule has 4 rings (SSSR count). The normalized spacial score (nSPS) is 21.2. The van der Waals surface area contributed by atoms with Gasteiger partial charge in [-0.15, -0.1) is 11.3 Å². The Labute approximate surface area is 161 Å². The second-order valence-corrected chi connectivity index (χ2v) is 9.27. The zero-order valence-corrected chi connectivity index (χ0v) is 16.8. The van der Waals surface area contributed by atoms with Crippen LogP contribution in [0, 0.1) is 0 Å². The van der Waals surface area contributed by atoms with Gasteiger partial charge in [-0.05, 0) is 20.5 Å². The molecule has 1 aromatic heterocycles. The van der Waals surface area contributed by atoms with E-state index in [1.54, 1.807) is 0 Å². The molecule has 0 radical (unpaired) electrons. The van der Waals surface area contributed by atoms with E-state index in [2.05, 4.69) is 20.5 Å². The minimum Gasteiger partial charge on any atom is -1.00 e. The monoisotopic (exact) mass is 415 g/mol. The molecule has 9 nitrogen and oxygen atoms in total. The van der Waals surface area contributed by atoms with Crippen LogP contribution in [0.15, 0.2) is 48.7 Å². The third-order valence-electron chi connectivity index (χ3n) is 4.37. The van der Waals surface area contributed by atoms with E-state index in [1.807, 2.05) is 37.1 Å². The smallest absolute Gasteiger partial charge is 0.251 e. The van der Waals surface area contributed by atoms with Gasteiger partial charge in [-0.1, -0.05) is 0 Å². The Bertz CT molecular complexity index is 935. The molecule has 12 heteroatoms. The molecular weight excluding hydrogens is 398 g/mol. The van der Waals surface area contributed by atoms with Gasteiger partial charge in [0, 0.05) is 17.7 Å². The van der Waals surface area contributed by atoms with Crippen molar-refractivity contribution in [2.75, 3.05) is 27.7 Å². The van der Waals surface area contributed by atoms with Gasteiger partial charge in [-0.25, -0.2) is 8.42 Å². The summed E-state index contributed by atoms with van der Waals surface area (Å²) in [7, 11) is 2.13. The number of aromatic nitrogens is 1. The van der Waals surface area contributed by atoms with Gasteiger partial charge in [-0.2, -0.15) is 10.1 Å². The summed E-state index contributed by atoms with van der Waals surface area (Å²) in [6.07, 6.45) is 3.95. The number of likely N-dealkylation sites (N-methyl/N-ethyl adjacent to an activating group) is 1. The van der Waals surface area contributed by atoms with Crippen molar-refractivity contribution in [3.63, 3.8) is 0 Å². The van der Waals surface area contributed by atoms with E-state index in [0.717, 1.165) is 34.9 Å². The van der Waals surface area contributed by atoms with Crippen LogP contribution < -0.4 is 17.5 Å². The van der Waals surface area contributed by atoms with Gasteiger partial charge in [0.25, 0.3) is 5.84 Å². The van der Waals surface area contributed by atoms with Crippen molar-refractivity contribution in [1.82, 2.24) is 19.8 Å². The predicted octanol–water partition coefficient (Wildman–Crippen LogP) is -3.63. The molecule has 26 heavy (non-hydrogen) atoms. The Hall–Kier alpha value is -1.82. The van der Waals surface area contributed by atoms with Crippen LogP contribution in [-0.4, -0.2) is 67.8 Å². The Morgan fingerprint density at radius 2 is 2.15 bits per heavy atom. The number of sulfone groups is 1. The maximum absolute atomic E-state index is 13.2. The largest absolute Gasteiger partial charge is 1.00 e. The van der Waals surface area contributed by atoms with E-state index in [9.17, 15) is 8.42 Å². The lowest BCUT2D eigenvalue weighted by Crippen LogP contribution is -3.00. The molecule has 3 aliphatic heterocycles. The van der Waals surface area contributed by atoms with Crippen LogP contribution in [-0.2, 0) is 9.84 Å². The van der Waals surface area contributed by atoms with E-state index in [1.165, 1.54) is 16.7 Å². The van der Waals surface area contributed by atoms with E-state index in [-0.39, 0.29) is 27.7 Å². The molecule has 1 aromatic rings. The number of halogens is 1. The fraction of sp³-hybridized carbons (Fsp3) is 0.429. The highest BCUT2D eigenvalue weighted by atomic mass is 35.5. The fourth-order valence-electron chi connectivity index (χ4n) is 3.22. The summed E-state index contributed by atoms with van der Waals surface area (Å²) < 4.78 is 26.7. The highest BCUT2D eigenvalue weighted by molar-refractivity contribution is 7.97. The predicted molar refractivity (Wildman–Crippen MR) is 91.8 cm³/mol. The molecule has 0 spiro atoms. The number of rotatable bonds is 5. The number of hydrogen-bond acceptors (Lipinski definition) is 9. The Morgan fingerprint density at radius 1 is 1.38 bits per heavy atom. The summed E-state index contributed by atoms with van der Waals surface area (Å²) in [5.74, 6) is 0.807. The summed E-state index contributed by atoms with van der Waals surface area (Å²) in [6.45, 7) is 0.735. The average Bonchev–Trinajstić information content (AvgIpc) is 3.26. The molecule has 4 heterocycles. The van der Waals surface area contributed by atoms with Gasteiger partial charge in [0.05, 0.1) is 30.2 Å². The minimum atomic E-state index is -3.71. The van der Waals surface area contributed by atoms with Crippen LogP contribution in [0.5, 0.6) is 0 Å². The van der Waals surface area contributed by atoms with Gasteiger partial charge in [0.2, 0.25) is 9.84 Å². The van der Waals surface area contributed by atoms with Crippen molar-refractivity contribution < 1.29 is 25.9 Å². The first-order chi connectivity index (χ1) is 11.9. The van der Waals surface area contributed by atoms with Crippen molar-refractivity contribution in [1.29, 1.82) is 0 Å². The number of thiazole rings is 1. The highest BCUT2D eigenvalue weighted by Crippen LogP contribution is 2.44. The van der Waals surface area contributed by atoms with E-state index < -0.39 is 9.84 Å². The summed E-state index contributed by atoms with van der Waals surface area (Å²) in [5.41, 5.74) is 3.26. The topological polar surface area (TPSA) is 95.4 Å². The van der Waals surface area contributed by atoms with E-state index in [0.29, 0.717) is 6.42 Å². The maximum atomic E-state index is 13.2. The molecular formula is C14H18ClN7O2S2. The SMILES string of the molecule is CN(C)CCC1=C(S(=O)(=O)c2cncs2)N2N=N[NH+]=C3C2C1=CN3C.[Cl-]. The molecule has 3 aliphatic rings. The molecule has 1 N–H and O–H groups in total. The maximum Gasteiger partial charge on any atom is 0.251 e. The molecule has 0 aliphatic carbocycles. The quantitative estimate of drug-likeness (QED) is 0.533. The molecule has 1 unspecified atom stereocenters. The summed E-state index contributed by atoms with van der Waals surface area (Å²) in [6, 6.07) is -0.266. The summed E-state index contributed by atoms with van der Waals surface area (Å²) in [5, 5.41) is 12.6. The Morgan fingerprint density at radius 3 is 2.81 bits per heavy atom. The van der Waals surface area contributed by atoms with Gasteiger partial charge in [0.15, 0.2) is 11.1 Å². The van der Waals surface area contributed by atoms with Crippen molar-refractivity contribution >= 4 is 27.0 Å². The number of nitrogens with zero attached hydrogens (tertiary/aromatic N) is 6. The van der Waals surface area contributed by atoms with Crippen molar-refractivity contribution in [2.45, 2.75) is 16.7 Å². The molecule has 0 fully saturated rings. The second-order valence-electron chi connectivity index (χ2n) is 6.29. The zero-order chi connectivity index (χ0) is 17.8. The van der Waals surface area contributed by atoms with Gasteiger partial charge < -0.3 is 17.3 Å². The average molecular weight is 416 g/mol. The number of hydrogen-bond donors (Lipinski definition) is 1. The summed E-state index contributed by atoms with van der Waals surface area (Å²) >= 11 is 1.11. The van der Waals surface area contributed by atoms with Crippen LogP contribution in [0.25, 0.3) is 0 Å². The molecule has 0 aromatic carbocycles. The molecule has 1 atom stereocenters. The van der Waals surface area contributed by atoms with Crippen LogP contribution in [0.1, 0.15) is 6.42 Å². The third-order valence-corrected chi connectivity index (χ3v) is 7.46. The lowest BCUT2D eigenvalue weighted by molar-refractivity contribution is -0.487. The molecule has 0 saturated heterocycles. The fourth-order valence-corrected chi connectivity index (χ4v) is 5.76. The van der Waals surface area contributed by atoms with Crippen molar-refractivity contribution in [3.05, 3.63) is 34.1 Å². The van der Waals surface area contributed by atoms with Crippen molar-refractivity contribution in [2.24, 2.45) is 10.4 Å². The van der Waals surface area contributed by atoms with Gasteiger partial charge in [-0.3, -0.25) is 9.88 Å². The molecule has 0 bridgehead atoms. The summed E-state index contributed by atoms with van der Waals surface area (Å²) in [4.78, 5) is 7.88. The van der Waals surface area contributed by atoms with Gasteiger partial charge >= 0.3 is 0 Å². The molecule has 140 valence electrons. The van der Waals surface area contributed by atoms with Crippen LogP contribution >= 0.6 is 11.3 Å². The van der Waals surface area contributed by atoms with Crippen molar-refractivity contribution in [3.8, 4) is 0 Å². The number of amidine groups is 1. The first kappa shape index (κ1) is 19.0. The Balaban J connectivity index is 0.00000196. The molecule has 0 amide bonds. The first-order valence-corrected chi connectivity index (χ1v) is 10.1. The lowest BCUT2D eigenvalue weighted by Gasteiger charge is -2.19. The van der Waals surface area contributed by atoms with Crippen LogP contribution in [0.2, 0.25) is 0 Å². The van der Waals surface area contributed by atoms with Crippen LogP contribution in [0.3, 0.4) is 0 Å². The second kappa shape index (κ2) is 6.72. The minimum absolute atomic E-state index is 0. The first-order valence-electron chi connectivity index (χ1n) is 7.70. The highest BCUT2D eigenvalue weighted by Gasteiger charge is 2.54. The standard InChI is InChI=1S/C14H17N7O2S2.ClH/c1-19(2)5-4-9-10-7-20(3)13-12(10)21(18-17-16-13)14(9)25(22,23)11-6-15-8-24-11;/h6-8,12H,4-5H2,1-3H3;1H. The molecule has 0 saturated carbocycles. The number of nitrogens with one attached hydrogen (secondary N) is 1. The third kappa shape index (κ3) is 2.75.